The average Bonchev–Trinajstić information content (AvgIpc) is 3.25. The largest absolute Gasteiger partial charge is 0.493 e. The first-order valence-electron chi connectivity index (χ1n) is 7.98. The van der Waals surface area contributed by atoms with Crippen molar-refractivity contribution in [2.24, 2.45) is 0 Å². The maximum Gasteiger partial charge on any atom is 0.355 e. The van der Waals surface area contributed by atoms with Crippen molar-refractivity contribution in [3.63, 3.8) is 0 Å². The fourth-order valence-electron chi connectivity index (χ4n) is 2.97. The van der Waals surface area contributed by atoms with Gasteiger partial charge in [0.05, 0.1) is 7.11 Å². The van der Waals surface area contributed by atoms with Crippen LogP contribution in [0.3, 0.4) is 0 Å². The van der Waals surface area contributed by atoms with Crippen LogP contribution in [0.5, 0.6) is 5.75 Å². The Hall–Kier alpha value is -3.39. The van der Waals surface area contributed by atoms with Crippen molar-refractivity contribution in [1.29, 1.82) is 0 Å². The highest BCUT2D eigenvalue weighted by Crippen LogP contribution is 2.42. The monoisotopic (exact) mass is 382 g/mol. The minimum absolute atomic E-state index is 0.00861. The normalized spacial score (nSPS) is 11.0. The molecular weight excluding hydrogens is 368 g/mol. The lowest BCUT2D eigenvalue weighted by molar-refractivity contribution is -0.114. The molecule has 0 bridgehead atoms. The fourth-order valence-corrected chi connectivity index (χ4v) is 3.80. The van der Waals surface area contributed by atoms with Gasteiger partial charge in [0.2, 0.25) is 5.91 Å². The van der Waals surface area contributed by atoms with E-state index in [1.54, 1.807) is 25.3 Å². The minimum Gasteiger partial charge on any atom is -0.493 e. The lowest BCUT2D eigenvalue weighted by Crippen LogP contribution is -2.05. The van der Waals surface area contributed by atoms with Crippen LogP contribution in [0.2, 0.25) is 0 Å². The zero-order chi connectivity index (χ0) is 19.1. The van der Waals surface area contributed by atoms with Crippen molar-refractivity contribution in [3.05, 3.63) is 41.4 Å². The highest BCUT2D eigenvalue weighted by molar-refractivity contribution is 7.13. The van der Waals surface area contributed by atoms with E-state index in [2.05, 4.69) is 10.3 Å². The number of nitrogens with one attached hydrogen (secondary N) is 1. The second-order valence-corrected chi connectivity index (χ2v) is 6.71. The number of carboxylic acid groups (broad SMARTS) is 1. The van der Waals surface area contributed by atoms with Crippen molar-refractivity contribution >= 4 is 50.8 Å². The number of benzene rings is 2. The van der Waals surface area contributed by atoms with Gasteiger partial charge in [-0.2, -0.15) is 0 Å². The standard InChI is InChI=1S/C19H14N2O5S/c1-9(22)20-10-3-5-14-12(7-10)16-11(4-6-15(25-2)17(16)26-14)18-21-13(8-27-18)19(23)24/h3-8H,1-2H3,(H,20,22)(H,23,24). The second-order valence-electron chi connectivity index (χ2n) is 5.86. The van der Waals surface area contributed by atoms with Crippen LogP contribution in [0.1, 0.15) is 17.4 Å². The second kappa shape index (κ2) is 6.40. The predicted molar refractivity (Wildman–Crippen MR) is 103 cm³/mol. The third-order valence-electron chi connectivity index (χ3n) is 4.08. The number of anilines is 1. The van der Waals surface area contributed by atoms with Crippen LogP contribution in [0, 0.1) is 0 Å². The van der Waals surface area contributed by atoms with Gasteiger partial charge in [0.25, 0.3) is 0 Å². The highest BCUT2D eigenvalue weighted by Gasteiger charge is 2.20. The quantitative estimate of drug-likeness (QED) is 0.543. The van der Waals surface area contributed by atoms with Crippen LogP contribution in [0.4, 0.5) is 5.69 Å². The summed E-state index contributed by atoms with van der Waals surface area (Å²) in [5.41, 5.74) is 2.53. The van der Waals surface area contributed by atoms with Crippen molar-refractivity contribution in [2.45, 2.75) is 6.92 Å². The van der Waals surface area contributed by atoms with Crippen LogP contribution in [-0.2, 0) is 4.79 Å². The smallest absolute Gasteiger partial charge is 0.355 e. The molecule has 1 amide bonds. The summed E-state index contributed by atoms with van der Waals surface area (Å²) < 4.78 is 11.4. The molecule has 0 aliphatic heterocycles. The summed E-state index contributed by atoms with van der Waals surface area (Å²) >= 11 is 1.24. The van der Waals surface area contributed by atoms with Gasteiger partial charge in [-0.3, -0.25) is 4.79 Å². The van der Waals surface area contributed by atoms with Crippen LogP contribution in [0.15, 0.2) is 40.1 Å². The third-order valence-corrected chi connectivity index (χ3v) is 4.95. The summed E-state index contributed by atoms with van der Waals surface area (Å²) in [5, 5.41) is 15.5. The molecule has 27 heavy (non-hydrogen) atoms. The Morgan fingerprint density at radius 2 is 2.07 bits per heavy atom. The number of methoxy groups -OCH3 is 1. The number of ether oxygens (including phenoxy) is 1. The van der Waals surface area contributed by atoms with E-state index in [1.165, 1.54) is 23.6 Å². The van der Waals surface area contributed by atoms with E-state index in [0.717, 1.165) is 16.3 Å². The highest BCUT2D eigenvalue weighted by atomic mass is 32.1. The average molecular weight is 382 g/mol. The molecular formula is C19H14N2O5S. The van der Waals surface area contributed by atoms with Gasteiger partial charge in [0, 0.05) is 34.3 Å². The number of aromatic nitrogens is 1. The number of carboxylic acids is 1. The summed E-state index contributed by atoms with van der Waals surface area (Å²) in [7, 11) is 1.55. The first-order chi connectivity index (χ1) is 13.0. The number of carbonyl (C=O) groups excluding carboxylic acids is 1. The summed E-state index contributed by atoms with van der Waals surface area (Å²) in [4.78, 5) is 26.8. The summed E-state index contributed by atoms with van der Waals surface area (Å²) in [6.07, 6.45) is 0. The number of aromatic carboxylic acids is 1. The number of nitrogens with zero attached hydrogens (tertiary/aromatic N) is 1. The van der Waals surface area contributed by atoms with Gasteiger partial charge >= 0.3 is 5.97 Å². The number of hydrogen-bond acceptors (Lipinski definition) is 6. The molecule has 4 aromatic rings. The molecule has 0 spiro atoms. The first-order valence-corrected chi connectivity index (χ1v) is 8.86. The summed E-state index contributed by atoms with van der Waals surface area (Å²) in [6, 6.07) is 8.93. The molecule has 0 fully saturated rings. The number of fused-ring (bicyclic) bond motifs is 3. The maximum atomic E-state index is 11.4. The van der Waals surface area contributed by atoms with Gasteiger partial charge in [-0.25, -0.2) is 9.78 Å². The van der Waals surface area contributed by atoms with E-state index in [1.807, 2.05) is 12.1 Å². The summed E-state index contributed by atoms with van der Waals surface area (Å²) in [6.45, 7) is 1.44. The minimum atomic E-state index is -1.08. The molecule has 2 heterocycles. The number of thiazole rings is 1. The number of hydrogen-bond donors (Lipinski definition) is 2. The molecule has 2 aromatic heterocycles. The lowest BCUT2D eigenvalue weighted by atomic mass is 10.1. The van der Waals surface area contributed by atoms with Gasteiger partial charge in [-0.1, -0.05) is 0 Å². The van der Waals surface area contributed by atoms with E-state index < -0.39 is 5.97 Å². The molecule has 0 saturated carbocycles. The van der Waals surface area contributed by atoms with Crippen molar-refractivity contribution < 1.29 is 23.8 Å². The SMILES string of the molecule is COc1ccc(-c2nc(C(=O)O)cs2)c2c1oc1ccc(NC(C)=O)cc12. The van der Waals surface area contributed by atoms with Crippen molar-refractivity contribution in [1.82, 2.24) is 4.98 Å². The van der Waals surface area contributed by atoms with E-state index in [-0.39, 0.29) is 11.6 Å². The lowest BCUT2D eigenvalue weighted by Gasteiger charge is -2.05. The number of furan rings is 1. The molecule has 0 aliphatic carbocycles. The molecule has 8 heteroatoms. The van der Waals surface area contributed by atoms with Crippen LogP contribution in [0.25, 0.3) is 32.5 Å². The number of carbonyl (C=O) groups is 2. The summed E-state index contributed by atoms with van der Waals surface area (Å²) in [5.74, 6) is -0.695. The van der Waals surface area contributed by atoms with Crippen LogP contribution < -0.4 is 10.1 Å². The van der Waals surface area contributed by atoms with E-state index in [4.69, 9.17) is 14.3 Å². The molecule has 0 saturated heterocycles. The molecule has 2 aromatic carbocycles. The fraction of sp³-hybridized carbons (Fsp3) is 0.105. The Morgan fingerprint density at radius 1 is 1.26 bits per heavy atom. The van der Waals surface area contributed by atoms with Gasteiger partial charge in [0.15, 0.2) is 17.0 Å². The van der Waals surface area contributed by atoms with Gasteiger partial charge in [-0.15, -0.1) is 11.3 Å². The Labute approximate surface area is 157 Å². The third kappa shape index (κ3) is 2.89. The van der Waals surface area contributed by atoms with Crippen LogP contribution >= 0.6 is 11.3 Å². The van der Waals surface area contributed by atoms with Crippen LogP contribution in [-0.4, -0.2) is 29.1 Å². The Morgan fingerprint density at radius 3 is 2.74 bits per heavy atom. The van der Waals surface area contributed by atoms with E-state index >= 15 is 0 Å². The predicted octanol–water partition coefficient (Wildman–Crippen LogP) is 4.37. The zero-order valence-electron chi connectivity index (χ0n) is 14.4. The van der Waals surface area contributed by atoms with Gasteiger partial charge in [-0.05, 0) is 30.3 Å². The van der Waals surface area contributed by atoms with Crippen molar-refractivity contribution in [3.8, 4) is 16.3 Å². The molecule has 0 atom stereocenters. The van der Waals surface area contributed by atoms with Gasteiger partial charge < -0.3 is 19.6 Å². The maximum absolute atomic E-state index is 11.4. The number of rotatable bonds is 4. The number of amides is 1. The molecule has 0 aliphatic rings. The Kier molecular flexibility index (Phi) is 4.04. The van der Waals surface area contributed by atoms with Gasteiger partial charge in [0.1, 0.15) is 10.6 Å². The Balaban J connectivity index is 2.02. The molecule has 7 nitrogen and oxygen atoms in total. The van der Waals surface area contributed by atoms with Crippen molar-refractivity contribution in [2.75, 3.05) is 12.4 Å². The molecule has 136 valence electrons. The first kappa shape index (κ1) is 17.0. The molecule has 0 unspecified atom stereocenters. The molecule has 4 rings (SSSR count). The van der Waals surface area contributed by atoms with E-state index in [0.29, 0.717) is 27.6 Å². The van der Waals surface area contributed by atoms with E-state index in [9.17, 15) is 9.59 Å². The Bertz CT molecular complexity index is 1210. The zero-order valence-corrected chi connectivity index (χ0v) is 15.2. The topological polar surface area (TPSA) is 102 Å². The molecule has 2 N–H and O–H groups in total. The molecule has 0 radical (unpaired) electrons.